The minimum absolute atomic E-state index is 0. The Hall–Kier alpha value is -1.44. The molecule has 3 rings (SSSR count). The number of carbonyl (C=O) groups is 1. The monoisotopic (exact) mass is 386 g/mol. The SMILES string of the molecule is Cl.NC1(c2noc(CNC(=O)c3cccc(Br)c3)n2)CCC1. The van der Waals surface area contributed by atoms with Crippen LogP contribution >= 0.6 is 28.3 Å². The molecule has 6 nitrogen and oxygen atoms in total. The van der Waals surface area contributed by atoms with Crippen LogP contribution < -0.4 is 11.1 Å². The molecule has 1 amide bonds. The molecular formula is C14H16BrClN4O2. The molecule has 0 radical (unpaired) electrons. The van der Waals surface area contributed by atoms with Crippen LogP contribution in [0, 0.1) is 0 Å². The number of benzene rings is 1. The fourth-order valence-electron chi connectivity index (χ4n) is 2.20. The number of hydrogen-bond donors (Lipinski definition) is 2. The van der Waals surface area contributed by atoms with E-state index in [1.165, 1.54) is 0 Å². The van der Waals surface area contributed by atoms with Crippen LogP contribution in [0.15, 0.2) is 33.3 Å². The number of carbonyl (C=O) groups excluding carboxylic acids is 1. The van der Waals surface area contributed by atoms with E-state index in [-0.39, 0.29) is 24.9 Å². The van der Waals surface area contributed by atoms with Gasteiger partial charge in [0, 0.05) is 10.0 Å². The van der Waals surface area contributed by atoms with Crippen LogP contribution in [0.2, 0.25) is 0 Å². The van der Waals surface area contributed by atoms with E-state index in [2.05, 4.69) is 31.4 Å². The van der Waals surface area contributed by atoms with E-state index >= 15 is 0 Å². The Morgan fingerprint density at radius 2 is 2.23 bits per heavy atom. The van der Waals surface area contributed by atoms with Crippen LogP contribution in [-0.2, 0) is 12.1 Å². The second-order valence-corrected chi connectivity index (χ2v) is 6.13. The van der Waals surface area contributed by atoms with Crippen molar-refractivity contribution in [1.29, 1.82) is 0 Å². The maximum Gasteiger partial charge on any atom is 0.251 e. The molecule has 1 fully saturated rings. The Kier molecular flexibility index (Phi) is 5.20. The summed E-state index contributed by atoms with van der Waals surface area (Å²) < 4.78 is 5.98. The molecule has 8 heteroatoms. The zero-order chi connectivity index (χ0) is 14.9. The van der Waals surface area contributed by atoms with Gasteiger partial charge in [-0.1, -0.05) is 27.2 Å². The largest absolute Gasteiger partial charge is 0.343 e. The third kappa shape index (κ3) is 3.48. The van der Waals surface area contributed by atoms with Crippen LogP contribution in [0.1, 0.15) is 41.3 Å². The van der Waals surface area contributed by atoms with Crippen LogP contribution in [-0.4, -0.2) is 16.0 Å². The lowest BCUT2D eigenvalue weighted by Crippen LogP contribution is -2.44. The fraction of sp³-hybridized carbons (Fsp3) is 0.357. The van der Waals surface area contributed by atoms with Crippen molar-refractivity contribution < 1.29 is 9.32 Å². The first-order valence-electron chi connectivity index (χ1n) is 6.72. The highest BCUT2D eigenvalue weighted by atomic mass is 79.9. The summed E-state index contributed by atoms with van der Waals surface area (Å²) in [4.78, 5) is 16.3. The van der Waals surface area contributed by atoms with Crippen molar-refractivity contribution in [2.45, 2.75) is 31.3 Å². The molecule has 2 aromatic rings. The summed E-state index contributed by atoms with van der Waals surface area (Å²) in [7, 11) is 0. The van der Waals surface area contributed by atoms with Gasteiger partial charge >= 0.3 is 0 Å². The second kappa shape index (κ2) is 6.76. The van der Waals surface area contributed by atoms with Gasteiger partial charge in [-0.3, -0.25) is 4.79 Å². The summed E-state index contributed by atoms with van der Waals surface area (Å²) in [5.41, 5.74) is 6.24. The van der Waals surface area contributed by atoms with Crippen molar-refractivity contribution in [3.63, 3.8) is 0 Å². The van der Waals surface area contributed by atoms with Crippen molar-refractivity contribution in [2.75, 3.05) is 0 Å². The maximum absolute atomic E-state index is 12.0. The molecule has 1 aromatic heterocycles. The quantitative estimate of drug-likeness (QED) is 0.840. The number of amides is 1. The van der Waals surface area contributed by atoms with Gasteiger partial charge in [-0.25, -0.2) is 0 Å². The van der Waals surface area contributed by atoms with Gasteiger partial charge in [0.25, 0.3) is 5.91 Å². The Morgan fingerprint density at radius 3 is 2.86 bits per heavy atom. The molecule has 22 heavy (non-hydrogen) atoms. The van der Waals surface area contributed by atoms with Crippen LogP contribution in [0.4, 0.5) is 0 Å². The van der Waals surface area contributed by atoms with Crippen molar-refractivity contribution in [3.05, 3.63) is 46.0 Å². The molecule has 3 N–H and O–H groups in total. The molecule has 118 valence electrons. The smallest absolute Gasteiger partial charge is 0.251 e. The summed E-state index contributed by atoms with van der Waals surface area (Å²) in [6.07, 6.45) is 2.83. The first-order chi connectivity index (χ1) is 10.1. The number of aromatic nitrogens is 2. The van der Waals surface area contributed by atoms with Gasteiger partial charge in [-0.15, -0.1) is 12.4 Å². The van der Waals surface area contributed by atoms with E-state index in [0.29, 0.717) is 17.3 Å². The predicted octanol–water partition coefficient (Wildman–Crippen LogP) is 2.52. The zero-order valence-electron chi connectivity index (χ0n) is 11.7. The Bertz CT molecular complexity index is 672. The third-order valence-corrected chi connectivity index (χ3v) is 4.14. The van der Waals surface area contributed by atoms with Gasteiger partial charge < -0.3 is 15.6 Å². The highest BCUT2D eigenvalue weighted by molar-refractivity contribution is 9.10. The average molecular weight is 388 g/mol. The summed E-state index contributed by atoms with van der Waals surface area (Å²) in [5.74, 6) is 0.702. The average Bonchev–Trinajstić information content (AvgIpc) is 2.91. The van der Waals surface area contributed by atoms with E-state index < -0.39 is 5.54 Å². The summed E-state index contributed by atoms with van der Waals surface area (Å²) >= 11 is 3.33. The number of nitrogens with two attached hydrogens (primary N) is 1. The predicted molar refractivity (Wildman–Crippen MR) is 86.6 cm³/mol. The third-order valence-electron chi connectivity index (χ3n) is 3.65. The standard InChI is InChI=1S/C14H15BrN4O2.ClH/c15-10-4-1-3-9(7-10)12(20)17-8-11-18-13(19-21-11)14(16)5-2-6-14;/h1,3-4,7H,2,5-6,8,16H2,(H,17,20);1H. The molecule has 1 aliphatic carbocycles. The summed E-state index contributed by atoms with van der Waals surface area (Å²) in [6, 6.07) is 7.15. The van der Waals surface area contributed by atoms with Gasteiger partial charge in [0.1, 0.15) is 0 Å². The molecule has 1 aliphatic rings. The zero-order valence-corrected chi connectivity index (χ0v) is 14.1. The van der Waals surface area contributed by atoms with Gasteiger partial charge in [-0.05, 0) is 37.5 Å². The molecule has 0 spiro atoms. The molecule has 0 bridgehead atoms. The van der Waals surface area contributed by atoms with E-state index in [0.717, 1.165) is 23.7 Å². The van der Waals surface area contributed by atoms with Crippen molar-refractivity contribution in [1.82, 2.24) is 15.5 Å². The first-order valence-corrected chi connectivity index (χ1v) is 7.52. The topological polar surface area (TPSA) is 94.0 Å². The van der Waals surface area contributed by atoms with Gasteiger partial charge in [0.05, 0.1) is 12.1 Å². The molecule has 0 unspecified atom stereocenters. The Balaban J connectivity index is 0.00000176. The Labute approximate surface area is 142 Å². The number of nitrogens with one attached hydrogen (secondary N) is 1. The summed E-state index contributed by atoms with van der Waals surface area (Å²) in [6.45, 7) is 0.189. The highest BCUT2D eigenvalue weighted by Gasteiger charge is 2.38. The van der Waals surface area contributed by atoms with E-state index in [1.807, 2.05) is 6.07 Å². The number of rotatable bonds is 4. The summed E-state index contributed by atoms with van der Waals surface area (Å²) in [5, 5.41) is 6.65. The van der Waals surface area contributed by atoms with E-state index in [9.17, 15) is 4.79 Å². The minimum atomic E-state index is -0.448. The van der Waals surface area contributed by atoms with Gasteiger partial charge in [0.2, 0.25) is 5.89 Å². The number of halogens is 2. The maximum atomic E-state index is 12.0. The molecule has 0 aliphatic heterocycles. The van der Waals surface area contributed by atoms with Gasteiger partial charge in [-0.2, -0.15) is 4.98 Å². The number of nitrogens with zero attached hydrogens (tertiary/aromatic N) is 2. The lowest BCUT2D eigenvalue weighted by molar-refractivity contribution is 0.0946. The van der Waals surface area contributed by atoms with E-state index in [4.69, 9.17) is 10.3 Å². The lowest BCUT2D eigenvalue weighted by Gasteiger charge is -2.34. The molecule has 1 heterocycles. The Morgan fingerprint density at radius 1 is 1.45 bits per heavy atom. The molecular weight excluding hydrogens is 372 g/mol. The first kappa shape index (κ1) is 16.9. The second-order valence-electron chi connectivity index (χ2n) is 5.21. The van der Waals surface area contributed by atoms with Crippen molar-refractivity contribution >= 4 is 34.2 Å². The van der Waals surface area contributed by atoms with Crippen LogP contribution in [0.5, 0.6) is 0 Å². The van der Waals surface area contributed by atoms with E-state index in [1.54, 1.807) is 18.2 Å². The van der Waals surface area contributed by atoms with Crippen molar-refractivity contribution in [3.8, 4) is 0 Å². The molecule has 0 atom stereocenters. The highest BCUT2D eigenvalue weighted by Crippen LogP contribution is 2.36. The minimum Gasteiger partial charge on any atom is -0.343 e. The number of hydrogen-bond acceptors (Lipinski definition) is 5. The van der Waals surface area contributed by atoms with Crippen LogP contribution in [0.3, 0.4) is 0 Å². The molecule has 1 aromatic carbocycles. The normalized spacial score (nSPS) is 15.5. The fourth-order valence-corrected chi connectivity index (χ4v) is 2.60. The van der Waals surface area contributed by atoms with Crippen LogP contribution in [0.25, 0.3) is 0 Å². The van der Waals surface area contributed by atoms with Gasteiger partial charge in [0.15, 0.2) is 5.82 Å². The van der Waals surface area contributed by atoms with Crippen molar-refractivity contribution in [2.24, 2.45) is 5.73 Å². The lowest BCUT2D eigenvalue weighted by atomic mass is 9.77. The molecule has 1 saturated carbocycles. The molecule has 0 saturated heterocycles.